The van der Waals surface area contributed by atoms with E-state index < -0.39 is 57.1 Å². The molecule has 0 aromatic heterocycles. The second-order valence-electron chi connectivity index (χ2n) is 3.12. The van der Waals surface area contributed by atoms with Crippen molar-refractivity contribution in [2.75, 3.05) is 0 Å². The van der Waals surface area contributed by atoms with Gasteiger partial charge in [-0.05, 0) is 0 Å². The summed E-state index contributed by atoms with van der Waals surface area (Å²) in [5.41, 5.74) is 0. The molecule has 160 valence electrons. The third-order valence-corrected chi connectivity index (χ3v) is 0. The molecule has 0 aliphatic carbocycles. The van der Waals surface area contributed by atoms with Crippen molar-refractivity contribution in [3.8, 4) is 0 Å². The maximum absolute atomic E-state index is 8.63. The standard InChI is InChI=1S/2H6IO6.2H2O4S/c2*2-1(3,4,5,6)7;2*1-5(2,3)4/h2*2-7H;2*(H2,1,2,3,4)/q2*+1;;/p-2. The van der Waals surface area contributed by atoms with E-state index in [1.165, 1.54) is 0 Å². The Morgan fingerprint density at radius 2 is 0.458 bits per heavy atom. The topological polar surface area (TPSA) is 398 Å². The van der Waals surface area contributed by atoms with Gasteiger partial charge in [-0.3, -0.25) is 9.11 Å². The summed E-state index contributed by atoms with van der Waals surface area (Å²) in [5.74, 6) is 0. The summed E-state index contributed by atoms with van der Waals surface area (Å²) < 4.78 is 155. The summed E-state index contributed by atoms with van der Waals surface area (Å²) in [6.07, 6.45) is 0. The molecular weight excluding hydrogens is 638 g/mol. The molecule has 0 saturated heterocycles. The predicted molar refractivity (Wildman–Crippen MR) is 51.3 cm³/mol. The van der Waals surface area contributed by atoms with Crippen LogP contribution in [0.2, 0.25) is 0 Å². The molecule has 0 spiro atoms. The van der Waals surface area contributed by atoms with Crippen molar-refractivity contribution >= 4 is 20.8 Å². The molecule has 0 aromatic rings. The van der Waals surface area contributed by atoms with Crippen LogP contribution >= 0.6 is 0 Å². The molecule has 0 unspecified atom stereocenters. The van der Waals surface area contributed by atoms with Crippen molar-refractivity contribution in [2.24, 2.45) is 0 Å². The molecule has 0 aromatic carbocycles. The fourth-order valence-corrected chi connectivity index (χ4v) is 0. The average Bonchev–Trinajstić information content (AvgIpc) is 1.52. The Hall–Kier alpha value is 0.720. The van der Waals surface area contributed by atoms with Crippen LogP contribution in [0.4, 0.5) is 0 Å². The molecule has 0 saturated carbocycles. The van der Waals surface area contributed by atoms with Gasteiger partial charge in [0, 0.05) is 0 Å². The second-order valence-corrected chi connectivity index (χ2v) is 17.8. The summed E-state index contributed by atoms with van der Waals surface area (Å²) in [5, 5.41) is 0. The van der Waals surface area contributed by atoms with Crippen molar-refractivity contribution in [3.05, 3.63) is 0 Å². The summed E-state index contributed by atoms with van der Waals surface area (Å²) in [4.78, 5) is 0. The van der Waals surface area contributed by atoms with Gasteiger partial charge in [-0.2, -0.15) is 0 Å². The fourth-order valence-electron chi connectivity index (χ4n) is 0. The Morgan fingerprint density at radius 1 is 0.458 bits per heavy atom. The van der Waals surface area contributed by atoms with Crippen molar-refractivity contribution in [2.45, 2.75) is 0 Å². The first-order valence-corrected chi connectivity index (χ1v) is 17.7. The van der Waals surface area contributed by atoms with Crippen molar-refractivity contribution in [1.82, 2.24) is 0 Å². The van der Waals surface area contributed by atoms with Gasteiger partial charge in [0.2, 0.25) is 20.8 Å². The van der Waals surface area contributed by atoms with Crippen LogP contribution in [0.5, 0.6) is 0 Å². The van der Waals surface area contributed by atoms with E-state index in [2.05, 4.69) is 0 Å². The Balaban J connectivity index is -0.000000113. The SMILES string of the molecule is O=S(=O)([O-])O.O=S(=O)([O-])O.O[I+](O)(O)(O)(O)O.O[I+](O)(O)(O)(O)O. The minimum atomic E-state index is -8.12. The molecule has 14 N–H and O–H groups in total. The van der Waals surface area contributed by atoms with E-state index in [1.807, 2.05) is 0 Å². The van der Waals surface area contributed by atoms with Gasteiger partial charge >= 0.3 is 77.5 Å². The number of hydrogen-bond donors (Lipinski definition) is 14. The molecule has 24 heavy (non-hydrogen) atoms. The van der Waals surface area contributed by atoms with Gasteiger partial charge in [-0.25, -0.2) is 16.8 Å². The first-order chi connectivity index (χ1) is 8.90. The van der Waals surface area contributed by atoms with Gasteiger partial charge in [0.05, 0.1) is 0 Å². The molecule has 0 aliphatic heterocycles. The fraction of sp³-hybridized carbons (Fsp3) is 0. The zero-order valence-electron chi connectivity index (χ0n) is 10.3. The van der Waals surface area contributed by atoms with Crippen LogP contribution < -0.4 is 36.3 Å². The van der Waals surface area contributed by atoms with E-state index in [1.54, 1.807) is 0 Å². The summed E-state index contributed by atoms with van der Waals surface area (Å²) in [6, 6.07) is 0. The quantitative estimate of drug-likeness (QED) is 0.0656. The molecule has 0 bridgehead atoms. The van der Waals surface area contributed by atoms with Crippen LogP contribution in [-0.2, 0) is 20.8 Å². The number of halogens is 2. The zero-order chi connectivity index (χ0) is 21.8. The summed E-state index contributed by atoms with van der Waals surface area (Å²) >= 11 is -16.2. The van der Waals surface area contributed by atoms with E-state index in [4.69, 9.17) is 76.3 Å². The van der Waals surface area contributed by atoms with Gasteiger partial charge in [0.25, 0.3) is 0 Å². The molecule has 24 heteroatoms. The maximum atomic E-state index is 8.63. The molecule has 0 rings (SSSR count). The third-order valence-electron chi connectivity index (χ3n) is 0. The minimum absolute atomic E-state index is 4.92. The number of rotatable bonds is 0. The van der Waals surface area contributed by atoms with Crippen LogP contribution in [0, 0.1) is 0 Å². The van der Waals surface area contributed by atoms with Crippen LogP contribution in [0.25, 0.3) is 0 Å². The summed E-state index contributed by atoms with van der Waals surface area (Å²) in [7, 11) is -9.83. The Kier molecular flexibility index (Phi) is 9.06. The molecule has 20 nitrogen and oxygen atoms in total. The normalized spacial score (nSPS) is 18.3. The third kappa shape index (κ3) is 20700. The van der Waals surface area contributed by atoms with Gasteiger partial charge in [0.1, 0.15) is 0 Å². The van der Waals surface area contributed by atoms with Crippen LogP contribution in [0.3, 0.4) is 0 Å². The first-order valence-electron chi connectivity index (χ1n) is 3.39. The Bertz CT molecular complexity index is 483. The Labute approximate surface area is 133 Å². The molecule has 0 atom stereocenters. The van der Waals surface area contributed by atoms with E-state index in [0.29, 0.717) is 0 Å². The van der Waals surface area contributed by atoms with E-state index in [9.17, 15) is 0 Å². The van der Waals surface area contributed by atoms with Crippen LogP contribution in [0.15, 0.2) is 0 Å². The molecule has 0 heterocycles. The van der Waals surface area contributed by atoms with E-state index >= 15 is 0 Å². The predicted octanol–water partition coefficient (Wildman–Crippen LogP) is -14.7. The second kappa shape index (κ2) is 6.71. The summed E-state index contributed by atoms with van der Waals surface area (Å²) in [6.45, 7) is 0. The first kappa shape index (κ1) is 32.4. The van der Waals surface area contributed by atoms with Crippen LogP contribution in [-0.4, -0.2) is 76.3 Å². The monoisotopic (exact) mass is 652 g/mol. The van der Waals surface area contributed by atoms with Gasteiger partial charge < -0.3 is 9.11 Å². The van der Waals surface area contributed by atoms with Gasteiger partial charge in [-0.15, -0.1) is 0 Å². The van der Waals surface area contributed by atoms with Crippen molar-refractivity contribution < 1.29 is 113 Å². The van der Waals surface area contributed by atoms with E-state index in [0.717, 1.165) is 0 Å². The van der Waals surface area contributed by atoms with Crippen molar-refractivity contribution in [3.63, 3.8) is 0 Å². The molecule has 0 aliphatic rings. The Morgan fingerprint density at radius 3 is 0.458 bits per heavy atom. The van der Waals surface area contributed by atoms with Crippen LogP contribution in [0.1, 0.15) is 0 Å². The molecule has 0 radical (unpaired) electrons. The number of hydrogen-bond acceptors (Lipinski definition) is 18. The average molecular weight is 652 g/mol. The molecule has 0 amide bonds. The zero-order valence-corrected chi connectivity index (χ0v) is 16.2. The van der Waals surface area contributed by atoms with Crippen molar-refractivity contribution in [1.29, 1.82) is 0 Å². The van der Waals surface area contributed by atoms with Gasteiger partial charge in [-0.1, -0.05) is 0 Å². The van der Waals surface area contributed by atoms with E-state index in [-0.39, 0.29) is 0 Å². The van der Waals surface area contributed by atoms with Gasteiger partial charge in [0.15, 0.2) is 0 Å². The molecule has 0 fully saturated rings. The molecular formula is H14I2O20S2.